The summed E-state index contributed by atoms with van der Waals surface area (Å²) in [7, 11) is 1.51. The third-order valence-corrected chi connectivity index (χ3v) is 2.92. The molecule has 0 unspecified atom stereocenters. The van der Waals surface area contributed by atoms with Gasteiger partial charge in [0.05, 0.1) is 0 Å². The Morgan fingerprint density at radius 3 is 2.32 bits per heavy atom. The second-order valence-electron chi connectivity index (χ2n) is 4.31. The lowest BCUT2D eigenvalue weighted by atomic mass is 10.1. The van der Waals surface area contributed by atoms with Crippen molar-refractivity contribution < 1.29 is 19.1 Å². The molecule has 1 aromatic rings. The smallest absolute Gasteiger partial charge is 0.331 e. The first-order chi connectivity index (χ1) is 8.84. The van der Waals surface area contributed by atoms with Crippen LogP contribution in [0.4, 0.5) is 4.39 Å². The van der Waals surface area contributed by atoms with Crippen LogP contribution in [-0.2, 0) is 16.1 Å². The van der Waals surface area contributed by atoms with Gasteiger partial charge in [-0.1, -0.05) is 18.2 Å². The molecule has 0 bridgehead atoms. The number of benzene rings is 1. The van der Waals surface area contributed by atoms with Gasteiger partial charge in [-0.25, -0.2) is 9.18 Å². The number of nitrogens with zero attached hydrogens (tertiary/aromatic N) is 1. The van der Waals surface area contributed by atoms with Crippen LogP contribution in [0.3, 0.4) is 0 Å². The first-order valence-corrected chi connectivity index (χ1v) is 5.74. The molecule has 0 saturated carbocycles. The normalized spacial score (nSPS) is 11.8. The van der Waals surface area contributed by atoms with Crippen molar-refractivity contribution in [1.82, 2.24) is 4.90 Å². The second kappa shape index (κ2) is 6.13. The molecule has 19 heavy (non-hydrogen) atoms. The molecule has 1 N–H and O–H groups in total. The van der Waals surface area contributed by atoms with E-state index in [1.54, 1.807) is 18.2 Å². The van der Waals surface area contributed by atoms with E-state index in [9.17, 15) is 14.0 Å². The van der Waals surface area contributed by atoms with Crippen LogP contribution in [0.25, 0.3) is 0 Å². The molecular formula is C14H16FNO3. The number of hydrogen-bond acceptors (Lipinski definition) is 2. The number of carboxylic acids is 1. The molecule has 1 rings (SSSR count). The summed E-state index contributed by atoms with van der Waals surface area (Å²) in [6.07, 6.45) is 0. The Morgan fingerprint density at radius 1 is 1.21 bits per heavy atom. The molecule has 0 radical (unpaired) electrons. The fraction of sp³-hybridized carbons (Fsp3) is 0.286. The highest BCUT2D eigenvalue weighted by molar-refractivity contribution is 6.01. The average Bonchev–Trinajstić information content (AvgIpc) is 2.38. The second-order valence-corrected chi connectivity index (χ2v) is 4.31. The predicted molar refractivity (Wildman–Crippen MR) is 68.9 cm³/mol. The molecule has 0 aliphatic heterocycles. The standard InChI is InChI=1S/C14H16FNO3/c1-9(10(2)14(18)19)13(17)16(3)8-11-6-4-5-7-12(11)15/h4-7H,8H2,1-3H3,(H,18,19). The lowest BCUT2D eigenvalue weighted by molar-refractivity contribution is -0.133. The molecule has 5 heteroatoms. The van der Waals surface area contributed by atoms with Crippen molar-refractivity contribution in [2.45, 2.75) is 20.4 Å². The predicted octanol–water partition coefficient (Wildman–Crippen LogP) is 2.21. The number of carbonyl (C=O) groups is 2. The molecule has 4 nitrogen and oxygen atoms in total. The number of halogens is 1. The molecule has 102 valence electrons. The van der Waals surface area contributed by atoms with E-state index >= 15 is 0 Å². The average molecular weight is 265 g/mol. The SMILES string of the molecule is CC(C(=O)O)=C(C)C(=O)N(C)Cc1ccccc1F. The van der Waals surface area contributed by atoms with Gasteiger partial charge in [0, 0.05) is 30.3 Å². The minimum atomic E-state index is -1.13. The van der Waals surface area contributed by atoms with E-state index < -0.39 is 17.7 Å². The number of amides is 1. The van der Waals surface area contributed by atoms with Gasteiger partial charge in [0.15, 0.2) is 0 Å². The quantitative estimate of drug-likeness (QED) is 0.849. The maximum atomic E-state index is 13.5. The molecule has 1 amide bonds. The van der Waals surface area contributed by atoms with Crippen molar-refractivity contribution in [3.05, 3.63) is 46.8 Å². The van der Waals surface area contributed by atoms with E-state index in [2.05, 4.69) is 0 Å². The van der Waals surface area contributed by atoms with E-state index in [4.69, 9.17) is 5.11 Å². The van der Waals surface area contributed by atoms with Crippen molar-refractivity contribution >= 4 is 11.9 Å². The monoisotopic (exact) mass is 265 g/mol. The number of carbonyl (C=O) groups excluding carboxylic acids is 1. The maximum absolute atomic E-state index is 13.5. The molecule has 0 aliphatic rings. The molecule has 0 saturated heterocycles. The van der Waals surface area contributed by atoms with E-state index in [0.29, 0.717) is 5.56 Å². The molecule has 1 aromatic carbocycles. The van der Waals surface area contributed by atoms with Crippen molar-refractivity contribution in [3.8, 4) is 0 Å². The minimum absolute atomic E-state index is 0.00890. The van der Waals surface area contributed by atoms with Crippen molar-refractivity contribution in [3.63, 3.8) is 0 Å². The highest BCUT2D eigenvalue weighted by Gasteiger charge is 2.17. The Balaban J connectivity index is 2.88. The van der Waals surface area contributed by atoms with Gasteiger partial charge < -0.3 is 10.0 Å². The van der Waals surface area contributed by atoms with Gasteiger partial charge >= 0.3 is 5.97 Å². The highest BCUT2D eigenvalue weighted by Crippen LogP contribution is 2.12. The fourth-order valence-electron chi connectivity index (χ4n) is 1.56. The highest BCUT2D eigenvalue weighted by atomic mass is 19.1. The van der Waals surface area contributed by atoms with E-state index in [1.165, 1.54) is 31.9 Å². The zero-order valence-electron chi connectivity index (χ0n) is 11.1. The van der Waals surface area contributed by atoms with Crippen LogP contribution in [0.15, 0.2) is 35.4 Å². The summed E-state index contributed by atoms with van der Waals surface area (Å²) >= 11 is 0. The number of aliphatic carboxylic acids is 1. The van der Waals surface area contributed by atoms with Gasteiger partial charge in [0.2, 0.25) is 5.91 Å². The summed E-state index contributed by atoms with van der Waals surface area (Å²) in [6, 6.07) is 6.16. The molecule has 0 heterocycles. The van der Waals surface area contributed by atoms with Crippen LogP contribution in [0.2, 0.25) is 0 Å². The molecule has 0 aromatic heterocycles. The number of hydrogen-bond donors (Lipinski definition) is 1. The Hall–Kier alpha value is -2.17. The van der Waals surface area contributed by atoms with Crippen LogP contribution in [-0.4, -0.2) is 28.9 Å². The van der Waals surface area contributed by atoms with Gasteiger partial charge in [0.1, 0.15) is 5.82 Å². The van der Waals surface area contributed by atoms with Crippen molar-refractivity contribution in [2.24, 2.45) is 0 Å². The molecular weight excluding hydrogens is 249 g/mol. The Morgan fingerprint density at radius 2 is 1.79 bits per heavy atom. The van der Waals surface area contributed by atoms with Crippen molar-refractivity contribution in [2.75, 3.05) is 7.05 Å². The lowest BCUT2D eigenvalue weighted by Crippen LogP contribution is -2.28. The van der Waals surface area contributed by atoms with Crippen LogP contribution in [0.5, 0.6) is 0 Å². The van der Waals surface area contributed by atoms with Crippen molar-refractivity contribution in [1.29, 1.82) is 0 Å². The summed E-state index contributed by atoms with van der Waals surface area (Å²) in [5, 5.41) is 8.83. The largest absolute Gasteiger partial charge is 0.478 e. The molecule has 0 spiro atoms. The summed E-state index contributed by atoms with van der Waals surface area (Å²) in [5.41, 5.74) is 0.524. The summed E-state index contributed by atoms with van der Waals surface area (Å²) in [6.45, 7) is 2.91. The van der Waals surface area contributed by atoms with Gasteiger partial charge in [-0.05, 0) is 19.9 Å². The van der Waals surface area contributed by atoms with E-state index in [1.807, 2.05) is 0 Å². The Bertz CT molecular complexity index is 537. The van der Waals surface area contributed by atoms with Crippen LogP contribution in [0, 0.1) is 5.82 Å². The number of rotatable bonds is 4. The topological polar surface area (TPSA) is 57.6 Å². The molecule has 0 aliphatic carbocycles. The van der Waals surface area contributed by atoms with Gasteiger partial charge in [-0.3, -0.25) is 4.79 Å². The Kier molecular flexibility index (Phi) is 4.80. The minimum Gasteiger partial charge on any atom is -0.478 e. The lowest BCUT2D eigenvalue weighted by Gasteiger charge is -2.18. The number of likely N-dealkylation sites (N-methyl/N-ethyl adjacent to an activating group) is 1. The van der Waals surface area contributed by atoms with Crippen LogP contribution < -0.4 is 0 Å². The Labute approximate surface area is 111 Å². The zero-order chi connectivity index (χ0) is 14.6. The third kappa shape index (κ3) is 3.64. The van der Waals surface area contributed by atoms with Crippen LogP contribution in [0.1, 0.15) is 19.4 Å². The van der Waals surface area contributed by atoms with E-state index in [-0.39, 0.29) is 17.7 Å². The van der Waals surface area contributed by atoms with Gasteiger partial charge in [-0.2, -0.15) is 0 Å². The summed E-state index contributed by atoms with van der Waals surface area (Å²) < 4.78 is 13.5. The molecule has 0 fully saturated rings. The summed E-state index contributed by atoms with van der Waals surface area (Å²) in [4.78, 5) is 24.1. The number of carboxylic acid groups (broad SMARTS) is 1. The zero-order valence-corrected chi connectivity index (χ0v) is 11.1. The first kappa shape index (κ1) is 14.9. The maximum Gasteiger partial charge on any atom is 0.331 e. The first-order valence-electron chi connectivity index (χ1n) is 5.74. The third-order valence-electron chi connectivity index (χ3n) is 2.92. The van der Waals surface area contributed by atoms with E-state index in [0.717, 1.165) is 0 Å². The molecule has 0 atom stereocenters. The van der Waals surface area contributed by atoms with Gasteiger partial charge in [0.25, 0.3) is 0 Å². The van der Waals surface area contributed by atoms with Gasteiger partial charge in [-0.15, -0.1) is 0 Å². The fourth-order valence-corrected chi connectivity index (χ4v) is 1.56. The van der Waals surface area contributed by atoms with Crippen LogP contribution >= 0.6 is 0 Å². The summed E-state index contributed by atoms with van der Waals surface area (Å²) in [5.74, 6) is -1.95.